The van der Waals surface area contributed by atoms with Gasteiger partial charge in [0.05, 0.1) is 10.7 Å². The van der Waals surface area contributed by atoms with Crippen molar-refractivity contribution < 1.29 is 4.79 Å². The molecule has 0 unspecified atom stereocenters. The number of nitrogens with one attached hydrogen (secondary N) is 1. The van der Waals surface area contributed by atoms with Crippen LogP contribution in [-0.2, 0) is 0 Å². The molecule has 0 spiro atoms. The first-order valence-electron chi connectivity index (χ1n) is 7.72. The molecule has 2 aromatic rings. The van der Waals surface area contributed by atoms with Crippen molar-refractivity contribution in [1.29, 1.82) is 0 Å². The van der Waals surface area contributed by atoms with Gasteiger partial charge < -0.3 is 10.2 Å². The number of nitrogens with zero attached hydrogens (tertiary/aromatic N) is 2. The number of hydrogen-bond donors (Lipinski definition) is 1. The molecule has 5 heteroatoms. The summed E-state index contributed by atoms with van der Waals surface area (Å²) in [7, 11) is 0. The number of unbranched alkanes of at least 4 members (excludes halogenated alkanes) is 1. The highest BCUT2D eigenvalue weighted by atomic mass is 32.1. The van der Waals surface area contributed by atoms with Gasteiger partial charge >= 0.3 is 6.03 Å². The van der Waals surface area contributed by atoms with Gasteiger partial charge in [-0.2, -0.15) is 0 Å². The molecule has 118 valence electrons. The lowest BCUT2D eigenvalue weighted by atomic mass is 10.1. The van der Waals surface area contributed by atoms with Crippen LogP contribution in [0.3, 0.4) is 0 Å². The van der Waals surface area contributed by atoms with Gasteiger partial charge in [0, 0.05) is 29.7 Å². The maximum Gasteiger partial charge on any atom is 0.321 e. The van der Waals surface area contributed by atoms with E-state index in [9.17, 15) is 4.79 Å². The molecule has 0 atom stereocenters. The van der Waals surface area contributed by atoms with Gasteiger partial charge in [-0.05, 0) is 32.4 Å². The highest BCUT2D eigenvalue weighted by molar-refractivity contribution is 7.09. The first-order valence-corrected chi connectivity index (χ1v) is 8.60. The van der Waals surface area contributed by atoms with E-state index < -0.39 is 0 Å². The average Bonchev–Trinajstić information content (AvgIpc) is 2.95. The van der Waals surface area contributed by atoms with Gasteiger partial charge in [-0.3, -0.25) is 0 Å². The van der Waals surface area contributed by atoms with Crippen LogP contribution in [0.15, 0.2) is 29.6 Å². The van der Waals surface area contributed by atoms with Crippen LogP contribution < -0.4 is 5.32 Å². The van der Waals surface area contributed by atoms with Crippen LogP contribution in [0.4, 0.5) is 10.5 Å². The minimum Gasteiger partial charge on any atom is -0.325 e. The normalized spacial score (nSPS) is 10.5. The lowest BCUT2D eigenvalue weighted by molar-refractivity contribution is 0.213. The number of aryl methyl sites for hydroxylation is 1. The van der Waals surface area contributed by atoms with Crippen LogP contribution >= 0.6 is 11.3 Å². The van der Waals surface area contributed by atoms with Crippen molar-refractivity contribution in [2.75, 3.05) is 18.4 Å². The van der Waals surface area contributed by atoms with E-state index in [1.54, 1.807) is 11.3 Å². The quantitative estimate of drug-likeness (QED) is 0.834. The van der Waals surface area contributed by atoms with E-state index in [1.165, 1.54) is 0 Å². The third kappa shape index (κ3) is 4.31. The summed E-state index contributed by atoms with van der Waals surface area (Å²) in [5.41, 5.74) is 2.87. The second-order valence-corrected chi connectivity index (χ2v) is 6.25. The number of amides is 2. The Morgan fingerprint density at radius 1 is 1.27 bits per heavy atom. The summed E-state index contributed by atoms with van der Waals surface area (Å²) < 4.78 is 0. The van der Waals surface area contributed by atoms with Gasteiger partial charge in [0.2, 0.25) is 0 Å². The molecular weight excluding hydrogens is 294 g/mol. The molecule has 0 bridgehead atoms. The monoisotopic (exact) mass is 317 g/mol. The minimum atomic E-state index is -0.0341. The van der Waals surface area contributed by atoms with Crippen LogP contribution in [0.1, 0.15) is 31.7 Å². The summed E-state index contributed by atoms with van der Waals surface area (Å²) in [5.74, 6) is 0. The van der Waals surface area contributed by atoms with E-state index in [-0.39, 0.29) is 6.03 Å². The highest BCUT2D eigenvalue weighted by Crippen LogP contribution is 2.23. The molecule has 1 heterocycles. The standard InChI is InChI=1S/C17H23N3OS/c1-4-6-11-20(5-2)17(21)19-15-9-7-14(8-10-15)16-12-22-13(3)18-16/h7-10,12H,4-6,11H2,1-3H3,(H,19,21). The predicted molar refractivity (Wildman–Crippen MR) is 93.5 cm³/mol. The molecule has 0 saturated carbocycles. The number of carbonyl (C=O) groups is 1. The lowest BCUT2D eigenvalue weighted by Crippen LogP contribution is -2.35. The van der Waals surface area contributed by atoms with Crippen LogP contribution in [0.25, 0.3) is 11.3 Å². The first kappa shape index (κ1) is 16.5. The summed E-state index contributed by atoms with van der Waals surface area (Å²) in [6.07, 6.45) is 2.12. The molecule has 1 N–H and O–H groups in total. The van der Waals surface area contributed by atoms with Gasteiger partial charge in [-0.15, -0.1) is 11.3 Å². The zero-order valence-corrected chi connectivity index (χ0v) is 14.2. The summed E-state index contributed by atoms with van der Waals surface area (Å²) in [5, 5.41) is 6.06. The number of rotatable bonds is 6. The van der Waals surface area contributed by atoms with Crippen LogP contribution in [0.2, 0.25) is 0 Å². The fourth-order valence-electron chi connectivity index (χ4n) is 2.18. The summed E-state index contributed by atoms with van der Waals surface area (Å²) in [6.45, 7) is 7.66. The maximum atomic E-state index is 12.2. The molecule has 2 rings (SSSR count). The second-order valence-electron chi connectivity index (χ2n) is 5.19. The molecule has 1 aromatic heterocycles. The number of thiazole rings is 1. The SMILES string of the molecule is CCCCN(CC)C(=O)Nc1ccc(-c2csc(C)n2)cc1. The number of aromatic nitrogens is 1. The third-order valence-corrected chi connectivity index (χ3v) is 4.27. The van der Waals surface area contributed by atoms with Crippen molar-refractivity contribution >= 4 is 23.1 Å². The Kier molecular flexibility index (Phi) is 5.95. The lowest BCUT2D eigenvalue weighted by Gasteiger charge is -2.21. The number of urea groups is 1. The molecule has 0 aliphatic carbocycles. The molecular formula is C17H23N3OS. The topological polar surface area (TPSA) is 45.2 Å². The maximum absolute atomic E-state index is 12.2. The molecule has 0 fully saturated rings. The van der Waals surface area contributed by atoms with Crippen molar-refractivity contribution in [2.45, 2.75) is 33.6 Å². The van der Waals surface area contributed by atoms with E-state index in [1.807, 2.05) is 48.4 Å². The molecule has 0 radical (unpaired) electrons. The zero-order valence-electron chi connectivity index (χ0n) is 13.4. The molecule has 4 nitrogen and oxygen atoms in total. The van der Waals surface area contributed by atoms with Crippen molar-refractivity contribution in [3.63, 3.8) is 0 Å². The molecule has 2 amide bonds. The molecule has 1 aromatic carbocycles. The fourth-order valence-corrected chi connectivity index (χ4v) is 2.80. The van der Waals surface area contributed by atoms with E-state index >= 15 is 0 Å². The van der Waals surface area contributed by atoms with Crippen molar-refractivity contribution in [2.24, 2.45) is 0 Å². The minimum absolute atomic E-state index is 0.0341. The number of anilines is 1. The third-order valence-electron chi connectivity index (χ3n) is 3.50. The Labute approximate surface area is 136 Å². The molecule has 0 saturated heterocycles. The Morgan fingerprint density at radius 2 is 2.00 bits per heavy atom. The number of hydrogen-bond acceptors (Lipinski definition) is 3. The van der Waals surface area contributed by atoms with E-state index in [0.717, 1.165) is 47.9 Å². The van der Waals surface area contributed by atoms with E-state index in [4.69, 9.17) is 0 Å². The van der Waals surface area contributed by atoms with Crippen molar-refractivity contribution in [3.05, 3.63) is 34.7 Å². The van der Waals surface area contributed by atoms with Crippen molar-refractivity contribution in [1.82, 2.24) is 9.88 Å². The summed E-state index contributed by atoms with van der Waals surface area (Å²) in [6, 6.07) is 7.80. The van der Waals surface area contributed by atoms with Crippen LogP contribution in [0, 0.1) is 6.92 Å². The Bertz CT molecular complexity index is 607. The van der Waals surface area contributed by atoms with Gasteiger partial charge in [0.1, 0.15) is 0 Å². The van der Waals surface area contributed by atoms with Crippen LogP contribution in [-0.4, -0.2) is 29.0 Å². The largest absolute Gasteiger partial charge is 0.325 e. The van der Waals surface area contributed by atoms with Gasteiger partial charge in [-0.25, -0.2) is 9.78 Å². The molecule has 22 heavy (non-hydrogen) atoms. The van der Waals surface area contributed by atoms with Gasteiger partial charge in [0.15, 0.2) is 0 Å². The second kappa shape index (κ2) is 7.94. The Hall–Kier alpha value is -1.88. The highest BCUT2D eigenvalue weighted by Gasteiger charge is 2.11. The first-order chi connectivity index (χ1) is 10.6. The smallest absolute Gasteiger partial charge is 0.321 e. The van der Waals surface area contributed by atoms with Gasteiger partial charge in [0.25, 0.3) is 0 Å². The Balaban J connectivity index is 2.00. The molecule has 0 aliphatic rings. The summed E-state index contributed by atoms with van der Waals surface area (Å²) >= 11 is 1.64. The Morgan fingerprint density at radius 3 is 2.55 bits per heavy atom. The van der Waals surface area contributed by atoms with E-state index in [2.05, 4.69) is 17.2 Å². The summed E-state index contributed by atoms with van der Waals surface area (Å²) in [4.78, 5) is 18.5. The predicted octanol–water partition coefficient (Wildman–Crippen LogP) is 4.77. The fraction of sp³-hybridized carbons (Fsp3) is 0.412. The average molecular weight is 317 g/mol. The zero-order chi connectivity index (χ0) is 15.9. The number of benzene rings is 1. The van der Waals surface area contributed by atoms with Crippen molar-refractivity contribution in [3.8, 4) is 11.3 Å². The number of carbonyl (C=O) groups excluding carboxylic acids is 1. The van der Waals surface area contributed by atoms with Gasteiger partial charge in [-0.1, -0.05) is 25.5 Å². The van der Waals surface area contributed by atoms with Crippen LogP contribution in [0.5, 0.6) is 0 Å². The molecule has 0 aliphatic heterocycles. The van der Waals surface area contributed by atoms with E-state index in [0.29, 0.717) is 0 Å².